The van der Waals surface area contributed by atoms with Crippen molar-refractivity contribution in [3.63, 3.8) is 0 Å². The van der Waals surface area contributed by atoms with Gasteiger partial charge in [-0.05, 0) is 56.2 Å². The van der Waals surface area contributed by atoms with Gasteiger partial charge in [-0.15, -0.1) is 0 Å². The highest BCUT2D eigenvalue weighted by molar-refractivity contribution is 5.82. The lowest BCUT2D eigenvalue weighted by molar-refractivity contribution is -0.0696. The van der Waals surface area contributed by atoms with Gasteiger partial charge < -0.3 is 14.7 Å². The van der Waals surface area contributed by atoms with Crippen LogP contribution in [0.15, 0.2) is 60.8 Å². The van der Waals surface area contributed by atoms with E-state index in [9.17, 15) is 0 Å². The van der Waals surface area contributed by atoms with E-state index >= 15 is 0 Å². The van der Waals surface area contributed by atoms with Crippen LogP contribution >= 0.6 is 0 Å². The summed E-state index contributed by atoms with van der Waals surface area (Å²) in [4.78, 5) is 19.3. The molecule has 1 saturated heterocycles. The van der Waals surface area contributed by atoms with Crippen molar-refractivity contribution in [1.82, 2.24) is 19.8 Å². The van der Waals surface area contributed by atoms with Crippen molar-refractivity contribution in [2.75, 3.05) is 23.9 Å². The van der Waals surface area contributed by atoms with E-state index in [-0.39, 0.29) is 17.0 Å². The molecule has 2 aromatic rings. The molecule has 6 nitrogen and oxygen atoms in total. The summed E-state index contributed by atoms with van der Waals surface area (Å²) in [6.45, 7) is 7.11. The van der Waals surface area contributed by atoms with E-state index < -0.39 is 0 Å². The van der Waals surface area contributed by atoms with Crippen molar-refractivity contribution in [3.05, 3.63) is 66.4 Å². The van der Waals surface area contributed by atoms with Crippen molar-refractivity contribution in [1.29, 1.82) is 0 Å². The number of nitrogens with zero attached hydrogens (tertiary/aromatic N) is 6. The highest BCUT2D eigenvalue weighted by Gasteiger charge is 2.81. The standard InChI is InChI=1S/C31H40N6/c1-6-30-22-13-9-11-15-24(22)36-17-16-34(4)29(36)31(30,7-2)26(30)18-27-35(5)25-19-32-20-33-28(25)37(27)23-14-10-8-12-21(23)3/h8,10,12,14,16-20,22,24,27,29H,6-7,9,11,13,15H2,1-5H3/b26-18+/t22?,24-,27?,29?,30?,31?/m1/s1. The fraction of sp³-hybridized carbons (Fsp3) is 0.548. The molecule has 7 rings (SSSR count). The van der Waals surface area contributed by atoms with Gasteiger partial charge in [0.15, 0.2) is 5.82 Å². The van der Waals surface area contributed by atoms with Gasteiger partial charge in [0.1, 0.15) is 24.3 Å². The highest BCUT2D eigenvalue weighted by atomic mass is 15.4. The molecule has 4 heterocycles. The lowest BCUT2D eigenvalue weighted by atomic mass is 9.64. The van der Waals surface area contributed by atoms with Gasteiger partial charge >= 0.3 is 0 Å². The number of hydrogen-bond acceptors (Lipinski definition) is 6. The molecule has 1 aromatic heterocycles. The van der Waals surface area contributed by atoms with Crippen LogP contribution < -0.4 is 9.80 Å². The number of fused-ring (bicyclic) bond motifs is 7. The van der Waals surface area contributed by atoms with E-state index in [0.717, 1.165) is 17.4 Å². The number of para-hydroxylation sites is 1. The van der Waals surface area contributed by atoms with Gasteiger partial charge in [-0.1, -0.05) is 50.5 Å². The summed E-state index contributed by atoms with van der Waals surface area (Å²) in [5, 5.41) is 0. The van der Waals surface area contributed by atoms with Gasteiger partial charge in [0.05, 0.1) is 6.20 Å². The van der Waals surface area contributed by atoms with Crippen molar-refractivity contribution >= 4 is 17.2 Å². The molecule has 6 heteroatoms. The minimum absolute atomic E-state index is 0.0791. The van der Waals surface area contributed by atoms with Gasteiger partial charge in [-0.3, -0.25) is 4.90 Å². The molecule has 0 spiro atoms. The smallest absolute Gasteiger partial charge is 0.162 e. The lowest BCUT2D eigenvalue weighted by Crippen LogP contribution is -2.59. The molecular weight excluding hydrogens is 456 g/mol. The Morgan fingerprint density at radius 2 is 1.78 bits per heavy atom. The average Bonchev–Trinajstić information content (AvgIpc) is 3.12. The molecule has 194 valence electrons. The Labute approximate surface area is 221 Å². The zero-order valence-corrected chi connectivity index (χ0v) is 22.9. The van der Waals surface area contributed by atoms with Crippen LogP contribution in [0, 0.1) is 23.7 Å². The van der Waals surface area contributed by atoms with Crippen LogP contribution in [0.5, 0.6) is 0 Å². The fourth-order valence-electron chi connectivity index (χ4n) is 9.35. The van der Waals surface area contributed by atoms with Gasteiger partial charge in [-0.2, -0.15) is 0 Å². The van der Waals surface area contributed by atoms with Crippen LogP contribution in [-0.2, 0) is 0 Å². The number of hydrogen-bond donors (Lipinski definition) is 0. The average molecular weight is 497 g/mol. The predicted molar refractivity (Wildman–Crippen MR) is 149 cm³/mol. The predicted octanol–water partition coefficient (Wildman–Crippen LogP) is 6.05. The van der Waals surface area contributed by atoms with E-state index in [2.05, 4.69) is 102 Å². The summed E-state index contributed by atoms with van der Waals surface area (Å²) in [5.41, 5.74) is 5.74. The van der Waals surface area contributed by atoms with Crippen LogP contribution in [0.4, 0.5) is 17.2 Å². The fourth-order valence-corrected chi connectivity index (χ4v) is 9.35. The third kappa shape index (κ3) is 2.71. The van der Waals surface area contributed by atoms with Gasteiger partial charge in [0, 0.05) is 49.1 Å². The maximum atomic E-state index is 4.80. The molecule has 1 aromatic carbocycles. The molecule has 5 aliphatic rings. The van der Waals surface area contributed by atoms with Crippen molar-refractivity contribution in [3.8, 4) is 0 Å². The van der Waals surface area contributed by atoms with Crippen LogP contribution in [0.2, 0.25) is 0 Å². The molecule has 0 bridgehead atoms. The summed E-state index contributed by atoms with van der Waals surface area (Å²) in [6.07, 6.45) is 19.4. The highest BCUT2D eigenvalue weighted by Crippen LogP contribution is 2.82. The molecule has 3 aliphatic heterocycles. The largest absolute Gasteiger partial charge is 0.358 e. The first kappa shape index (κ1) is 23.1. The summed E-state index contributed by atoms with van der Waals surface area (Å²) in [6, 6.07) is 9.38. The Bertz CT molecular complexity index is 1290. The molecule has 0 radical (unpaired) electrons. The molecule has 5 unspecified atom stereocenters. The van der Waals surface area contributed by atoms with Crippen molar-refractivity contribution in [2.45, 2.75) is 77.7 Å². The number of anilines is 3. The quantitative estimate of drug-likeness (QED) is 0.480. The number of benzene rings is 1. The van der Waals surface area contributed by atoms with Gasteiger partial charge in [0.25, 0.3) is 0 Å². The van der Waals surface area contributed by atoms with Crippen molar-refractivity contribution < 1.29 is 0 Å². The Balaban J connectivity index is 1.41. The zero-order valence-electron chi connectivity index (χ0n) is 22.9. The summed E-state index contributed by atoms with van der Waals surface area (Å²) in [7, 11) is 4.51. The van der Waals surface area contributed by atoms with E-state index in [1.165, 1.54) is 49.8 Å². The van der Waals surface area contributed by atoms with Gasteiger partial charge in [0.2, 0.25) is 0 Å². The Morgan fingerprint density at radius 1 is 1.00 bits per heavy atom. The second kappa shape index (κ2) is 7.99. The first-order chi connectivity index (χ1) is 18.0. The Morgan fingerprint density at radius 3 is 2.57 bits per heavy atom. The van der Waals surface area contributed by atoms with Crippen LogP contribution in [0.3, 0.4) is 0 Å². The van der Waals surface area contributed by atoms with Crippen LogP contribution in [0.1, 0.15) is 57.9 Å². The minimum atomic E-state index is 0.0791. The number of likely N-dealkylation sites (N-methyl/N-ethyl adjacent to an activating group) is 1. The third-order valence-corrected chi connectivity index (χ3v) is 10.8. The molecule has 37 heavy (non-hydrogen) atoms. The summed E-state index contributed by atoms with van der Waals surface area (Å²) >= 11 is 0. The normalized spacial score (nSPS) is 36.5. The van der Waals surface area contributed by atoms with E-state index in [0.29, 0.717) is 12.2 Å². The Hall–Kier alpha value is -3.02. The van der Waals surface area contributed by atoms with E-state index in [1.807, 2.05) is 6.20 Å². The van der Waals surface area contributed by atoms with E-state index in [4.69, 9.17) is 4.98 Å². The first-order valence-corrected chi connectivity index (χ1v) is 14.3. The van der Waals surface area contributed by atoms with Crippen molar-refractivity contribution in [2.24, 2.45) is 16.7 Å². The maximum absolute atomic E-state index is 4.80. The molecule has 2 saturated carbocycles. The molecular formula is C31H40N6. The summed E-state index contributed by atoms with van der Waals surface area (Å²) in [5.74, 6) is 1.73. The van der Waals surface area contributed by atoms with E-state index in [1.54, 1.807) is 11.9 Å². The van der Waals surface area contributed by atoms with Crippen LogP contribution in [-0.4, -0.2) is 52.2 Å². The molecule has 3 fully saturated rings. The van der Waals surface area contributed by atoms with Crippen LogP contribution in [0.25, 0.3) is 0 Å². The second-order valence-electron chi connectivity index (χ2n) is 11.9. The summed E-state index contributed by atoms with van der Waals surface area (Å²) < 4.78 is 0. The number of piperidine rings is 1. The molecule has 0 N–H and O–H groups in total. The SMILES string of the molecule is CCC12/C(=C\C3N(C)c4cncnc4N3c3ccccc3C)C1(CC)C1N(C)C=CN1[C@@H]1CCCCC12. The topological polar surface area (TPSA) is 38.7 Å². The molecule has 6 atom stereocenters. The Kier molecular flexibility index (Phi) is 4.99. The number of aryl methyl sites for hydroxylation is 1. The first-order valence-electron chi connectivity index (χ1n) is 14.3. The second-order valence-corrected chi connectivity index (χ2v) is 11.9. The zero-order chi connectivity index (χ0) is 25.5. The van der Waals surface area contributed by atoms with Gasteiger partial charge in [-0.25, -0.2) is 9.97 Å². The molecule has 0 amide bonds. The maximum Gasteiger partial charge on any atom is 0.162 e. The third-order valence-electron chi connectivity index (χ3n) is 10.8. The minimum Gasteiger partial charge on any atom is -0.358 e. The lowest BCUT2D eigenvalue weighted by Gasteiger charge is -2.54. The number of aromatic nitrogens is 2. The number of rotatable bonds is 4. The monoisotopic (exact) mass is 496 g/mol. The molecule has 2 aliphatic carbocycles.